The van der Waals surface area contributed by atoms with Crippen LogP contribution in [0, 0.1) is 11.7 Å². The molecule has 0 heterocycles. The summed E-state index contributed by atoms with van der Waals surface area (Å²) in [7, 11) is 1.45. The summed E-state index contributed by atoms with van der Waals surface area (Å²) in [5.74, 6) is 0.354. The topological polar surface area (TPSA) is 41.5 Å². The molecule has 1 aromatic carbocycles. The third-order valence-electron chi connectivity index (χ3n) is 3.48. The summed E-state index contributed by atoms with van der Waals surface area (Å²) in [6.07, 6.45) is 1.96. The van der Waals surface area contributed by atoms with Crippen LogP contribution in [0.25, 0.3) is 0 Å². The zero-order valence-electron chi connectivity index (χ0n) is 10.8. The smallest absolute Gasteiger partial charge is 0.165 e. The molecule has 2 N–H and O–H groups in total. The van der Waals surface area contributed by atoms with E-state index in [4.69, 9.17) is 4.74 Å². The van der Waals surface area contributed by atoms with Crippen molar-refractivity contribution in [2.45, 2.75) is 31.9 Å². The van der Waals surface area contributed by atoms with Crippen molar-refractivity contribution >= 4 is 0 Å². The fourth-order valence-electron chi connectivity index (χ4n) is 2.02. The summed E-state index contributed by atoms with van der Waals surface area (Å²) >= 11 is 0. The second kappa shape index (κ2) is 5.67. The maximum Gasteiger partial charge on any atom is 0.165 e. The predicted octanol–water partition coefficient (Wildman–Crippen LogP) is 2.26. The van der Waals surface area contributed by atoms with E-state index >= 15 is 0 Å². The van der Waals surface area contributed by atoms with Crippen LogP contribution in [0.3, 0.4) is 0 Å². The van der Waals surface area contributed by atoms with Crippen LogP contribution in [0.15, 0.2) is 18.2 Å². The molecular formula is C14H20FNO2. The predicted molar refractivity (Wildman–Crippen MR) is 68.1 cm³/mol. The normalized spacial score (nSPS) is 18.4. The van der Waals surface area contributed by atoms with Crippen molar-refractivity contribution in [3.8, 4) is 5.75 Å². The van der Waals surface area contributed by atoms with E-state index in [-0.39, 0.29) is 23.7 Å². The Bertz CT molecular complexity index is 407. The van der Waals surface area contributed by atoms with E-state index in [0.29, 0.717) is 12.5 Å². The third kappa shape index (κ3) is 3.21. The van der Waals surface area contributed by atoms with Crippen molar-refractivity contribution in [3.05, 3.63) is 29.6 Å². The van der Waals surface area contributed by atoms with Crippen LogP contribution in [0.4, 0.5) is 4.39 Å². The Morgan fingerprint density at radius 1 is 1.50 bits per heavy atom. The number of halogens is 1. The molecule has 0 aliphatic heterocycles. The molecule has 0 radical (unpaired) electrons. The average molecular weight is 253 g/mol. The maximum atomic E-state index is 13.5. The van der Waals surface area contributed by atoms with Gasteiger partial charge in [0.05, 0.1) is 13.2 Å². The highest BCUT2D eigenvalue weighted by Gasteiger charge is 2.29. The summed E-state index contributed by atoms with van der Waals surface area (Å²) in [6, 6.07) is 4.95. The van der Waals surface area contributed by atoms with E-state index in [1.54, 1.807) is 6.07 Å². The van der Waals surface area contributed by atoms with Gasteiger partial charge < -0.3 is 15.2 Å². The molecule has 1 aliphatic rings. The van der Waals surface area contributed by atoms with Gasteiger partial charge in [-0.05, 0) is 43.4 Å². The van der Waals surface area contributed by atoms with Crippen LogP contribution in [0.1, 0.15) is 31.4 Å². The molecule has 1 aliphatic carbocycles. The van der Waals surface area contributed by atoms with Gasteiger partial charge in [-0.3, -0.25) is 0 Å². The molecule has 2 atom stereocenters. The fourth-order valence-corrected chi connectivity index (χ4v) is 2.02. The van der Waals surface area contributed by atoms with E-state index in [1.165, 1.54) is 13.2 Å². The number of aliphatic hydroxyl groups excluding tert-OH is 1. The monoisotopic (exact) mass is 253 g/mol. The van der Waals surface area contributed by atoms with Crippen molar-refractivity contribution in [3.63, 3.8) is 0 Å². The van der Waals surface area contributed by atoms with E-state index in [0.717, 1.165) is 18.4 Å². The number of hydrogen-bond acceptors (Lipinski definition) is 3. The number of rotatable bonds is 6. The molecule has 18 heavy (non-hydrogen) atoms. The Labute approximate surface area is 107 Å². The Morgan fingerprint density at radius 3 is 2.78 bits per heavy atom. The molecule has 0 aromatic heterocycles. The number of benzene rings is 1. The van der Waals surface area contributed by atoms with Gasteiger partial charge in [0.15, 0.2) is 11.6 Å². The van der Waals surface area contributed by atoms with Gasteiger partial charge in [0, 0.05) is 12.6 Å². The largest absolute Gasteiger partial charge is 0.494 e. The molecule has 2 rings (SSSR count). The van der Waals surface area contributed by atoms with Crippen molar-refractivity contribution in [1.29, 1.82) is 0 Å². The summed E-state index contributed by atoms with van der Waals surface area (Å²) in [5, 5.41) is 13.0. The minimum atomic E-state index is -0.355. The Hall–Kier alpha value is -1.13. The Morgan fingerprint density at radius 2 is 2.22 bits per heavy atom. The zero-order valence-corrected chi connectivity index (χ0v) is 10.8. The van der Waals surface area contributed by atoms with Gasteiger partial charge in [-0.1, -0.05) is 6.07 Å². The second-order valence-electron chi connectivity index (χ2n) is 4.93. The lowest BCUT2D eigenvalue weighted by Crippen LogP contribution is -2.30. The number of nitrogens with one attached hydrogen (secondary N) is 1. The molecule has 0 bridgehead atoms. The number of methoxy groups -OCH3 is 1. The zero-order chi connectivity index (χ0) is 13.1. The summed E-state index contributed by atoms with van der Waals surface area (Å²) in [4.78, 5) is 0. The molecule has 1 fully saturated rings. The molecule has 0 saturated heterocycles. The van der Waals surface area contributed by atoms with E-state index in [1.807, 2.05) is 13.0 Å². The first kappa shape index (κ1) is 13.3. The molecule has 1 aromatic rings. The molecule has 4 heteroatoms. The van der Waals surface area contributed by atoms with Gasteiger partial charge in [0.1, 0.15) is 0 Å². The first-order valence-corrected chi connectivity index (χ1v) is 6.36. The standard InChI is InChI=1S/C14H20FNO2/c1-9(16-8-13(17)10-3-4-10)11-5-6-14(18-2)12(15)7-11/h5-7,9-10,13,16-17H,3-4,8H2,1-2H3. The van der Waals surface area contributed by atoms with E-state index in [9.17, 15) is 9.50 Å². The van der Waals surface area contributed by atoms with Gasteiger partial charge in [-0.2, -0.15) is 0 Å². The number of hydrogen-bond donors (Lipinski definition) is 2. The number of aliphatic hydroxyl groups is 1. The average Bonchev–Trinajstić information content (AvgIpc) is 3.19. The van der Waals surface area contributed by atoms with Crippen LogP contribution >= 0.6 is 0 Å². The van der Waals surface area contributed by atoms with Crippen LogP contribution in [0.5, 0.6) is 5.75 Å². The second-order valence-corrected chi connectivity index (χ2v) is 4.93. The minimum Gasteiger partial charge on any atom is -0.494 e. The molecule has 100 valence electrons. The first-order chi connectivity index (χ1) is 8.61. The van der Waals surface area contributed by atoms with Crippen LogP contribution in [-0.2, 0) is 0 Å². The Kier molecular flexibility index (Phi) is 4.19. The third-order valence-corrected chi connectivity index (χ3v) is 3.48. The van der Waals surface area contributed by atoms with Gasteiger partial charge in [0.2, 0.25) is 0 Å². The van der Waals surface area contributed by atoms with Crippen LogP contribution in [-0.4, -0.2) is 24.9 Å². The summed E-state index contributed by atoms with van der Waals surface area (Å²) in [6.45, 7) is 2.51. The lowest BCUT2D eigenvalue weighted by atomic mass is 10.1. The van der Waals surface area contributed by atoms with Gasteiger partial charge in [0.25, 0.3) is 0 Å². The van der Waals surface area contributed by atoms with Gasteiger partial charge in [-0.25, -0.2) is 4.39 Å². The summed E-state index contributed by atoms with van der Waals surface area (Å²) < 4.78 is 18.4. The SMILES string of the molecule is COc1ccc(C(C)NCC(O)C2CC2)cc1F. The highest BCUT2D eigenvalue weighted by Crippen LogP contribution is 2.32. The van der Waals surface area contributed by atoms with E-state index in [2.05, 4.69) is 5.32 Å². The Balaban J connectivity index is 1.91. The molecule has 3 nitrogen and oxygen atoms in total. The first-order valence-electron chi connectivity index (χ1n) is 6.36. The van der Waals surface area contributed by atoms with Crippen molar-refractivity contribution in [2.24, 2.45) is 5.92 Å². The quantitative estimate of drug-likeness (QED) is 0.817. The number of ether oxygens (including phenoxy) is 1. The molecule has 0 amide bonds. The molecular weight excluding hydrogens is 233 g/mol. The summed E-state index contributed by atoms with van der Waals surface area (Å²) in [5.41, 5.74) is 0.858. The van der Waals surface area contributed by atoms with Crippen molar-refractivity contribution in [2.75, 3.05) is 13.7 Å². The van der Waals surface area contributed by atoms with Crippen LogP contribution in [0.2, 0.25) is 0 Å². The highest BCUT2D eigenvalue weighted by atomic mass is 19.1. The fraction of sp³-hybridized carbons (Fsp3) is 0.571. The lowest BCUT2D eigenvalue weighted by Gasteiger charge is -2.17. The van der Waals surface area contributed by atoms with Gasteiger partial charge in [-0.15, -0.1) is 0 Å². The molecule has 2 unspecified atom stereocenters. The molecule has 1 saturated carbocycles. The van der Waals surface area contributed by atoms with Crippen molar-refractivity contribution in [1.82, 2.24) is 5.32 Å². The maximum absolute atomic E-state index is 13.5. The van der Waals surface area contributed by atoms with Crippen molar-refractivity contribution < 1.29 is 14.2 Å². The van der Waals surface area contributed by atoms with E-state index < -0.39 is 0 Å². The minimum absolute atomic E-state index is 0.0128. The lowest BCUT2D eigenvalue weighted by molar-refractivity contribution is 0.145. The highest BCUT2D eigenvalue weighted by molar-refractivity contribution is 5.30. The van der Waals surface area contributed by atoms with Crippen LogP contribution < -0.4 is 10.1 Å². The van der Waals surface area contributed by atoms with Gasteiger partial charge >= 0.3 is 0 Å². The molecule has 0 spiro atoms.